The number of aliphatic hydroxyl groups is 1. The highest BCUT2D eigenvalue weighted by molar-refractivity contribution is 5.38. The van der Waals surface area contributed by atoms with Crippen molar-refractivity contribution in [2.24, 2.45) is 0 Å². The first-order valence-electron chi connectivity index (χ1n) is 4.72. The first-order valence-corrected chi connectivity index (χ1v) is 4.72. The predicted molar refractivity (Wildman–Crippen MR) is 59.1 cm³/mol. The largest absolute Gasteiger partial charge is 0.395 e. The summed E-state index contributed by atoms with van der Waals surface area (Å²) < 4.78 is 0. The number of nitrogens with zero attached hydrogens (tertiary/aromatic N) is 2. The third kappa shape index (κ3) is 3.21. The van der Waals surface area contributed by atoms with Gasteiger partial charge in [-0.25, -0.2) is 4.98 Å². The van der Waals surface area contributed by atoms with E-state index in [4.69, 9.17) is 5.11 Å². The van der Waals surface area contributed by atoms with Crippen molar-refractivity contribution in [1.29, 1.82) is 0 Å². The molecule has 15 heavy (non-hydrogen) atoms. The highest BCUT2D eigenvalue weighted by Gasteiger charge is 2.06. The molecule has 1 rings (SSSR count). The molecule has 82 valence electrons. The number of H-pyrrole nitrogens is 1. The normalized spacial score (nSPS) is 10.0. The molecule has 0 aliphatic carbocycles. The molecule has 5 heteroatoms. The Balaban J connectivity index is 2.98. The highest BCUT2D eigenvalue weighted by Crippen LogP contribution is 2.06. The van der Waals surface area contributed by atoms with Crippen LogP contribution in [0.1, 0.15) is 5.82 Å². The van der Waals surface area contributed by atoms with Gasteiger partial charge in [-0.05, 0) is 6.92 Å². The van der Waals surface area contributed by atoms with E-state index in [1.165, 1.54) is 6.07 Å². The van der Waals surface area contributed by atoms with Crippen LogP contribution in [0.2, 0.25) is 0 Å². The Morgan fingerprint density at radius 1 is 1.73 bits per heavy atom. The van der Waals surface area contributed by atoms with Gasteiger partial charge >= 0.3 is 0 Å². The number of nitrogens with one attached hydrogen (secondary N) is 1. The number of aromatic amines is 1. The van der Waals surface area contributed by atoms with Crippen molar-refractivity contribution in [3.8, 4) is 0 Å². The van der Waals surface area contributed by atoms with Crippen molar-refractivity contribution in [3.63, 3.8) is 0 Å². The molecule has 0 saturated heterocycles. The minimum atomic E-state index is -0.190. The maximum Gasteiger partial charge on any atom is 0.252 e. The van der Waals surface area contributed by atoms with Crippen LogP contribution in [0.4, 0.5) is 5.82 Å². The quantitative estimate of drug-likeness (QED) is 0.673. The molecule has 0 aliphatic rings. The summed E-state index contributed by atoms with van der Waals surface area (Å²) in [7, 11) is 0. The molecule has 0 bridgehead atoms. The van der Waals surface area contributed by atoms with Crippen molar-refractivity contribution < 1.29 is 5.11 Å². The van der Waals surface area contributed by atoms with E-state index in [1.54, 1.807) is 17.9 Å². The van der Waals surface area contributed by atoms with Crippen LogP contribution in [-0.4, -0.2) is 34.8 Å². The third-order valence-corrected chi connectivity index (χ3v) is 1.89. The lowest BCUT2D eigenvalue weighted by Gasteiger charge is -2.20. The highest BCUT2D eigenvalue weighted by atomic mass is 16.3. The van der Waals surface area contributed by atoms with Gasteiger partial charge in [0.15, 0.2) is 0 Å². The smallest absolute Gasteiger partial charge is 0.252 e. The molecule has 0 spiro atoms. The molecule has 0 aromatic carbocycles. The molecule has 0 atom stereocenters. The van der Waals surface area contributed by atoms with Gasteiger partial charge in [-0.15, -0.1) is 6.58 Å². The molecular weight excluding hydrogens is 194 g/mol. The van der Waals surface area contributed by atoms with Crippen LogP contribution in [0.5, 0.6) is 0 Å². The topological polar surface area (TPSA) is 69.2 Å². The molecule has 1 aromatic rings. The number of aliphatic hydroxyl groups excluding tert-OH is 1. The van der Waals surface area contributed by atoms with E-state index in [-0.39, 0.29) is 12.2 Å². The maximum atomic E-state index is 11.2. The van der Waals surface area contributed by atoms with Crippen LogP contribution in [0.15, 0.2) is 23.5 Å². The van der Waals surface area contributed by atoms with Crippen LogP contribution in [0.25, 0.3) is 0 Å². The van der Waals surface area contributed by atoms with Gasteiger partial charge in [0, 0.05) is 19.2 Å². The summed E-state index contributed by atoms with van der Waals surface area (Å²) in [4.78, 5) is 19.8. The van der Waals surface area contributed by atoms with Crippen LogP contribution >= 0.6 is 0 Å². The molecular formula is C10H15N3O2. The number of aromatic nitrogens is 2. The van der Waals surface area contributed by atoms with Gasteiger partial charge in [0.25, 0.3) is 5.56 Å². The second kappa shape index (κ2) is 5.31. The van der Waals surface area contributed by atoms with Crippen LogP contribution < -0.4 is 10.5 Å². The van der Waals surface area contributed by atoms with E-state index in [2.05, 4.69) is 16.5 Å². The first kappa shape index (κ1) is 11.5. The Morgan fingerprint density at radius 3 is 3.00 bits per heavy atom. The van der Waals surface area contributed by atoms with E-state index in [9.17, 15) is 4.79 Å². The summed E-state index contributed by atoms with van der Waals surface area (Å²) in [5, 5.41) is 8.87. The second-order valence-electron chi connectivity index (χ2n) is 3.15. The first-order chi connectivity index (χ1) is 7.17. The summed E-state index contributed by atoms with van der Waals surface area (Å²) in [5.41, 5.74) is -0.190. The summed E-state index contributed by atoms with van der Waals surface area (Å²) in [6, 6.07) is 1.41. The minimum Gasteiger partial charge on any atom is -0.395 e. The van der Waals surface area contributed by atoms with E-state index in [1.807, 2.05) is 0 Å². The number of anilines is 1. The van der Waals surface area contributed by atoms with E-state index in [0.717, 1.165) is 0 Å². The maximum absolute atomic E-state index is 11.2. The van der Waals surface area contributed by atoms with Gasteiger partial charge in [-0.3, -0.25) is 4.79 Å². The molecule has 2 N–H and O–H groups in total. The molecule has 0 aliphatic heterocycles. The van der Waals surface area contributed by atoms with Crippen molar-refractivity contribution in [2.45, 2.75) is 6.92 Å². The fourth-order valence-electron chi connectivity index (χ4n) is 1.30. The standard InChI is InChI=1S/C10H15N3O2/c1-3-4-13(5-6-14)9-7-10(15)12-8(2)11-9/h3,7,14H,1,4-6H2,2H3,(H,11,12,15). The van der Waals surface area contributed by atoms with Crippen LogP contribution in [-0.2, 0) is 0 Å². The van der Waals surface area contributed by atoms with Crippen molar-refractivity contribution in [3.05, 3.63) is 34.9 Å². The Hall–Kier alpha value is -1.62. The zero-order valence-corrected chi connectivity index (χ0v) is 8.73. The lowest BCUT2D eigenvalue weighted by Crippen LogP contribution is -2.29. The van der Waals surface area contributed by atoms with E-state index >= 15 is 0 Å². The Labute approximate surface area is 88.1 Å². The van der Waals surface area contributed by atoms with Gasteiger partial charge in [-0.2, -0.15) is 0 Å². The summed E-state index contributed by atoms with van der Waals surface area (Å²) in [6.07, 6.45) is 1.70. The average Bonchev–Trinajstić information content (AvgIpc) is 2.16. The van der Waals surface area contributed by atoms with Crippen molar-refractivity contribution >= 4 is 5.82 Å². The Bertz CT molecular complexity index is 386. The summed E-state index contributed by atoms with van der Waals surface area (Å²) in [6.45, 7) is 6.33. The number of hydrogen-bond donors (Lipinski definition) is 2. The lowest BCUT2D eigenvalue weighted by atomic mass is 10.4. The second-order valence-corrected chi connectivity index (χ2v) is 3.15. The lowest BCUT2D eigenvalue weighted by molar-refractivity contribution is 0.302. The number of hydrogen-bond acceptors (Lipinski definition) is 4. The van der Waals surface area contributed by atoms with Crippen LogP contribution in [0, 0.1) is 6.92 Å². The molecule has 0 radical (unpaired) electrons. The van der Waals surface area contributed by atoms with Gasteiger partial charge in [0.05, 0.1) is 6.61 Å². The van der Waals surface area contributed by atoms with Crippen LogP contribution in [0.3, 0.4) is 0 Å². The van der Waals surface area contributed by atoms with Crippen molar-refractivity contribution in [2.75, 3.05) is 24.6 Å². The zero-order valence-electron chi connectivity index (χ0n) is 8.73. The fraction of sp³-hybridized carbons (Fsp3) is 0.400. The van der Waals surface area contributed by atoms with E-state index < -0.39 is 0 Å². The monoisotopic (exact) mass is 209 g/mol. The van der Waals surface area contributed by atoms with Gasteiger partial charge < -0.3 is 15.0 Å². The Kier molecular flexibility index (Phi) is 4.05. The summed E-state index contributed by atoms with van der Waals surface area (Å²) >= 11 is 0. The number of aryl methyl sites for hydroxylation is 1. The molecule has 1 heterocycles. The van der Waals surface area contributed by atoms with Gasteiger partial charge in [0.2, 0.25) is 0 Å². The predicted octanol–water partition coefficient (Wildman–Crippen LogP) is 0.0630. The van der Waals surface area contributed by atoms with Gasteiger partial charge in [0.1, 0.15) is 11.6 Å². The summed E-state index contributed by atoms with van der Waals surface area (Å²) in [5.74, 6) is 1.12. The SMILES string of the molecule is C=CCN(CCO)c1cc(=O)[nH]c(C)n1. The third-order valence-electron chi connectivity index (χ3n) is 1.89. The average molecular weight is 209 g/mol. The van der Waals surface area contributed by atoms with Gasteiger partial charge in [-0.1, -0.05) is 6.08 Å². The van der Waals surface area contributed by atoms with E-state index in [0.29, 0.717) is 24.7 Å². The Morgan fingerprint density at radius 2 is 2.47 bits per heavy atom. The number of rotatable bonds is 5. The minimum absolute atomic E-state index is 0.0152. The van der Waals surface area contributed by atoms with Crippen molar-refractivity contribution in [1.82, 2.24) is 9.97 Å². The molecule has 0 unspecified atom stereocenters. The molecule has 0 fully saturated rings. The molecule has 0 amide bonds. The fourth-order valence-corrected chi connectivity index (χ4v) is 1.30. The molecule has 5 nitrogen and oxygen atoms in total. The zero-order chi connectivity index (χ0) is 11.3. The molecule has 1 aromatic heterocycles. The molecule has 0 saturated carbocycles.